The van der Waals surface area contributed by atoms with Crippen molar-refractivity contribution in [2.45, 2.75) is 26.7 Å². The number of fused-ring (bicyclic) bond motifs is 1. The fraction of sp³-hybridized carbons (Fsp3) is 0.227. The van der Waals surface area contributed by atoms with Gasteiger partial charge in [-0.3, -0.25) is 14.4 Å². The summed E-state index contributed by atoms with van der Waals surface area (Å²) in [5, 5.41) is 2.98. The smallest absolute Gasteiger partial charge is 0.250 e. The van der Waals surface area contributed by atoms with Gasteiger partial charge < -0.3 is 14.8 Å². The largest absolute Gasteiger partial charge is 0.454 e. The highest BCUT2D eigenvalue weighted by molar-refractivity contribution is 6.02. The molecule has 0 fully saturated rings. The molecule has 3 aromatic rings. The number of hydrogen-bond acceptors (Lipinski definition) is 6. The monoisotopic (exact) mass is 377 g/mol. The third kappa shape index (κ3) is 2.87. The summed E-state index contributed by atoms with van der Waals surface area (Å²) in [7, 11) is 0. The van der Waals surface area contributed by atoms with Gasteiger partial charge in [-0.15, -0.1) is 0 Å². The molecule has 0 unspecified atom stereocenters. The number of hydrogen-bond donors (Lipinski definition) is 1. The first-order valence-electron chi connectivity index (χ1n) is 9.02. The van der Waals surface area contributed by atoms with Crippen LogP contribution >= 0.6 is 0 Å². The third-order valence-corrected chi connectivity index (χ3v) is 4.93. The Kier molecular flexibility index (Phi) is 4.26. The van der Waals surface area contributed by atoms with Crippen molar-refractivity contribution < 1.29 is 14.3 Å². The number of ether oxygens (including phenoxy) is 2. The van der Waals surface area contributed by atoms with Gasteiger partial charge in [0, 0.05) is 11.6 Å². The predicted molar refractivity (Wildman–Crippen MR) is 107 cm³/mol. The van der Waals surface area contributed by atoms with Crippen LogP contribution in [0.2, 0.25) is 0 Å². The van der Waals surface area contributed by atoms with Gasteiger partial charge in [-0.2, -0.15) is 0 Å². The average molecular weight is 377 g/mol. The van der Waals surface area contributed by atoms with E-state index in [2.05, 4.69) is 19.2 Å². The minimum absolute atomic E-state index is 0.0731. The summed E-state index contributed by atoms with van der Waals surface area (Å²) in [5.41, 5.74) is 1.95. The summed E-state index contributed by atoms with van der Waals surface area (Å²) in [5.74, 6) is 1.13. The zero-order chi connectivity index (χ0) is 20.0. The van der Waals surface area contributed by atoms with Gasteiger partial charge >= 0.3 is 0 Å². The van der Waals surface area contributed by atoms with Gasteiger partial charge in [0.05, 0.1) is 11.3 Å². The van der Waals surface area contributed by atoms with Crippen LogP contribution in [0.25, 0.3) is 11.1 Å². The summed E-state index contributed by atoms with van der Waals surface area (Å²) in [6.45, 7) is 5.67. The van der Waals surface area contributed by atoms with Crippen molar-refractivity contribution in [2.75, 3.05) is 12.1 Å². The van der Waals surface area contributed by atoms with Gasteiger partial charge in [0.1, 0.15) is 5.69 Å². The molecule has 0 aliphatic carbocycles. The highest BCUT2D eigenvalue weighted by Gasteiger charge is 2.25. The number of carbonyl (C=O) groups is 1. The van der Waals surface area contributed by atoms with Crippen LogP contribution in [-0.4, -0.2) is 12.6 Å². The molecule has 0 bridgehead atoms. The molecule has 3 aromatic carbocycles. The number of Topliss-reactive ketones (excluding diaryl/α,β-unsaturated/α-hetero) is 1. The number of anilines is 2. The SMILES string of the molecule is CC(=O)c1cc2c(cc1Nc1c(-c3ccc(C(C)C)cc3)c(=O)c1=O)OCO2. The highest BCUT2D eigenvalue weighted by Crippen LogP contribution is 2.39. The Hall–Kier alpha value is -3.41. The summed E-state index contributed by atoms with van der Waals surface area (Å²) in [6, 6.07) is 10.8. The number of benzene rings is 2. The lowest BCUT2D eigenvalue weighted by Crippen LogP contribution is -2.35. The van der Waals surface area contributed by atoms with Gasteiger partial charge in [-0.05, 0) is 30.0 Å². The van der Waals surface area contributed by atoms with Crippen molar-refractivity contribution in [3.63, 3.8) is 0 Å². The van der Waals surface area contributed by atoms with Gasteiger partial charge in [0.25, 0.3) is 5.43 Å². The quantitative estimate of drug-likeness (QED) is 0.539. The molecule has 0 spiro atoms. The van der Waals surface area contributed by atoms with Crippen LogP contribution in [0.1, 0.15) is 42.6 Å². The van der Waals surface area contributed by atoms with Crippen LogP contribution in [-0.2, 0) is 0 Å². The Balaban J connectivity index is 1.75. The van der Waals surface area contributed by atoms with E-state index in [1.807, 2.05) is 24.3 Å². The van der Waals surface area contributed by atoms with E-state index in [4.69, 9.17) is 9.47 Å². The molecule has 0 radical (unpaired) electrons. The standard InChI is InChI=1S/C22H19NO5/c1-11(2)13-4-6-14(7-5-13)19-20(22(26)21(19)25)23-16-9-18-17(27-10-28-18)8-15(16)12(3)24/h4-9,11,23H,10H2,1-3H3. The van der Waals surface area contributed by atoms with Crippen molar-refractivity contribution >= 4 is 17.2 Å². The molecule has 0 saturated heterocycles. The predicted octanol–water partition coefficient (Wildman–Crippen LogP) is 3.75. The van der Waals surface area contributed by atoms with E-state index < -0.39 is 10.9 Å². The molecule has 0 amide bonds. The molecule has 6 nitrogen and oxygen atoms in total. The van der Waals surface area contributed by atoms with E-state index >= 15 is 0 Å². The second kappa shape index (κ2) is 6.64. The molecule has 0 aromatic heterocycles. The fourth-order valence-corrected chi connectivity index (χ4v) is 3.29. The van der Waals surface area contributed by atoms with Crippen molar-refractivity contribution in [3.8, 4) is 22.6 Å². The molecule has 6 heteroatoms. The first-order chi connectivity index (χ1) is 13.4. The van der Waals surface area contributed by atoms with Gasteiger partial charge in [0.2, 0.25) is 12.2 Å². The van der Waals surface area contributed by atoms with Gasteiger partial charge in [0.15, 0.2) is 17.3 Å². The average Bonchev–Trinajstić information content (AvgIpc) is 3.14. The maximum atomic E-state index is 12.2. The lowest BCUT2D eigenvalue weighted by Gasteiger charge is -2.16. The molecule has 0 atom stereocenters. The van der Waals surface area contributed by atoms with Crippen LogP contribution in [0, 0.1) is 0 Å². The maximum Gasteiger partial charge on any atom is 0.250 e. The van der Waals surface area contributed by atoms with Crippen molar-refractivity contribution in [2.24, 2.45) is 0 Å². The molecule has 1 aliphatic rings. The van der Waals surface area contributed by atoms with Crippen LogP contribution in [0.15, 0.2) is 46.0 Å². The van der Waals surface area contributed by atoms with E-state index in [0.717, 1.165) is 5.56 Å². The van der Waals surface area contributed by atoms with Crippen molar-refractivity contribution in [1.29, 1.82) is 0 Å². The zero-order valence-electron chi connectivity index (χ0n) is 15.8. The van der Waals surface area contributed by atoms with Crippen LogP contribution in [0.3, 0.4) is 0 Å². The van der Waals surface area contributed by atoms with E-state index in [1.165, 1.54) is 6.92 Å². The Morgan fingerprint density at radius 3 is 2.25 bits per heavy atom. The van der Waals surface area contributed by atoms with E-state index in [-0.39, 0.29) is 18.3 Å². The summed E-state index contributed by atoms with van der Waals surface area (Å²) in [4.78, 5) is 36.5. The molecule has 1 heterocycles. The van der Waals surface area contributed by atoms with Gasteiger partial charge in [-0.1, -0.05) is 38.1 Å². The van der Waals surface area contributed by atoms with Gasteiger partial charge in [-0.25, -0.2) is 0 Å². The number of ketones is 1. The second-order valence-corrected chi connectivity index (χ2v) is 7.12. The maximum absolute atomic E-state index is 12.2. The van der Waals surface area contributed by atoms with E-state index in [9.17, 15) is 14.4 Å². The molecular weight excluding hydrogens is 358 g/mol. The van der Waals surface area contributed by atoms with Crippen molar-refractivity contribution in [1.82, 2.24) is 0 Å². The molecule has 28 heavy (non-hydrogen) atoms. The second-order valence-electron chi connectivity index (χ2n) is 7.12. The Labute approximate surface area is 161 Å². The molecule has 1 aliphatic heterocycles. The fourth-order valence-electron chi connectivity index (χ4n) is 3.29. The first kappa shape index (κ1) is 18.0. The third-order valence-electron chi connectivity index (χ3n) is 4.93. The number of nitrogens with one attached hydrogen (secondary N) is 1. The zero-order valence-corrected chi connectivity index (χ0v) is 15.8. The highest BCUT2D eigenvalue weighted by atomic mass is 16.7. The number of carbonyl (C=O) groups excluding carboxylic acids is 1. The lowest BCUT2D eigenvalue weighted by atomic mass is 9.95. The summed E-state index contributed by atoms with van der Waals surface area (Å²) >= 11 is 0. The normalized spacial score (nSPS) is 12.6. The minimum atomic E-state index is -0.602. The number of rotatable bonds is 5. The van der Waals surface area contributed by atoms with Crippen LogP contribution < -0.4 is 25.6 Å². The van der Waals surface area contributed by atoms with E-state index in [0.29, 0.717) is 39.8 Å². The molecule has 142 valence electrons. The van der Waals surface area contributed by atoms with Crippen molar-refractivity contribution in [3.05, 3.63) is 68.0 Å². The molecule has 0 saturated carbocycles. The van der Waals surface area contributed by atoms with E-state index in [1.54, 1.807) is 12.1 Å². The lowest BCUT2D eigenvalue weighted by molar-refractivity contribution is 0.101. The first-order valence-corrected chi connectivity index (χ1v) is 9.02. The summed E-state index contributed by atoms with van der Waals surface area (Å²) in [6.07, 6.45) is 0. The van der Waals surface area contributed by atoms with Crippen LogP contribution in [0.5, 0.6) is 11.5 Å². The Bertz CT molecular complexity index is 1150. The topological polar surface area (TPSA) is 81.7 Å². The Morgan fingerprint density at radius 2 is 1.64 bits per heavy atom. The minimum Gasteiger partial charge on any atom is -0.454 e. The molecule has 1 N–H and O–H groups in total. The molecular formula is C22H19NO5. The summed E-state index contributed by atoms with van der Waals surface area (Å²) < 4.78 is 10.7. The Morgan fingerprint density at radius 1 is 1.00 bits per heavy atom. The molecule has 4 rings (SSSR count). The van der Waals surface area contributed by atoms with Crippen LogP contribution in [0.4, 0.5) is 11.4 Å².